The van der Waals surface area contributed by atoms with E-state index >= 15 is 0 Å². The van der Waals surface area contributed by atoms with Gasteiger partial charge in [0.25, 0.3) is 5.56 Å². The van der Waals surface area contributed by atoms with Crippen molar-refractivity contribution in [3.8, 4) is 11.3 Å². The van der Waals surface area contributed by atoms with Crippen molar-refractivity contribution in [1.29, 1.82) is 0 Å². The number of nitrogens with zero attached hydrogens (tertiary/aromatic N) is 2. The Bertz CT molecular complexity index is 696. The molecule has 0 aliphatic heterocycles. The maximum Gasteiger partial charge on any atom is 0.254 e. The Morgan fingerprint density at radius 2 is 2.11 bits per heavy atom. The van der Waals surface area contributed by atoms with Crippen molar-refractivity contribution in [1.82, 2.24) is 9.55 Å². The highest BCUT2D eigenvalue weighted by Gasteiger charge is 2.07. The van der Waals surface area contributed by atoms with Gasteiger partial charge in [0, 0.05) is 29.7 Å². The third-order valence-corrected chi connectivity index (χ3v) is 3.17. The van der Waals surface area contributed by atoms with Crippen molar-refractivity contribution in [2.45, 2.75) is 12.8 Å². The zero-order chi connectivity index (χ0) is 13.1. The summed E-state index contributed by atoms with van der Waals surface area (Å²) in [6.07, 6.45) is 11.6. The molecule has 0 unspecified atom stereocenters. The van der Waals surface area contributed by atoms with E-state index in [4.69, 9.17) is 0 Å². The summed E-state index contributed by atoms with van der Waals surface area (Å²) in [5.41, 5.74) is 2.87. The molecular weight excluding hydrogens is 236 g/mol. The van der Waals surface area contributed by atoms with Gasteiger partial charge in [-0.1, -0.05) is 18.2 Å². The lowest BCUT2D eigenvalue weighted by Crippen LogP contribution is -2.18. The second kappa shape index (κ2) is 5.06. The van der Waals surface area contributed by atoms with Crippen molar-refractivity contribution in [2.24, 2.45) is 0 Å². The van der Waals surface area contributed by atoms with Gasteiger partial charge in [0.2, 0.25) is 0 Å². The summed E-state index contributed by atoms with van der Waals surface area (Å²) >= 11 is 0. The van der Waals surface area contributed by atoms with E-state index in [9.17, 15) is 4.79 Å². The third-order valence-electron chi connectivity index (χ3n) is 3.17. The van der Waals surface area contributed by atoms with Crippen molar-refractivity contribution < 1.29 is 0 Å². The van der Waals surface area contributed by atoms with Crippen LogP contribution in [0.5, 0.6) is 0 Å². The predicted molar refractivity (Wildman–Crippen MR) is 76.6 cm³/mol. The van der Waals surface area contributed by atoms with Gasteiger partial charge in [0.1, 0.15) is 0 Å². The van der Waals surface area contributed by atoms with E-state index in [1.165, 1.54) is 0 Å². The van der Waals surface area contributed by atoms with Crippen molar-refractivity contribution in [3.05, 3.63) is 71.3 Å². The second-order valence-electron chi connectivity index (χ2n) is 4.47. The maximum absolute atomic E-state index is 12.0. The quantitative estimate of drug-likeness (QED) is 0.820. The van der Waals surface area contributed by atoms with Crippen molar-refractivity contribution >= 4 is 5.70 Å². The van der Waals surface area contributed by atoms with Gasteiger partial charge in [-0.3, -0.25) is 14.3 Å². The van der Waals surface area contributed by atoms with Crippen LogP contribution < -0.4 is 5.56 Å². The van der Waals surface area contributed by atoms with Gasteiger partial charge < -0.3 is 0 Å². The molecule has 1 aliphatic rings. The van der Waals surface area contributed by atoms with Gasteiger partial charge in [-0.2, -0.15) is 0 Å². The van der Waals surface area contributed by atoms with E-state index in [1.54, 1.807) is 16.8 Å². The first-order chi connectivity index (χ1) is 9.34. The summed E-state index contributed by atoms with van der Waals surface area (Å²) in [7, 11) is 0. The number of aromatic nitrogens is 2. The molecule has 3 heteroatoms. The van der Waals surface area contributed by atoms with Crippen LogP contribution in [0.1, 0.15) is 12.8 Å². The molecular formula is C16H14N2O. The Morgan fingerprint density at radius 1 is 1.16 bits per heavy atom. The van der Waals surface area contributed by atoms with E-state index in [0.29, 0.717) is 0 Å². The summed E-state index contributed by atoms with van der Waals surface area (Å²) in [4.78, 5) is 16.3. The fraction of sp³-hybridized carbons (Fsp3) is 0.125. The maximum atomic E-state index is 12.0. The van der Waals surface area contributed by atoms with Crippen LogP contribution in [0.15, 0.2) is 65.7 Å². The van der Waals surface area contributed by atoms with Crippen LogP contribution in [-0.2, 0) is 0 Å². The Labute approximate surface area is 111 Å². The van der Waals surface area contributed by atoms with Gasteiger partial charge in [0.05, 0.1) is 5.69 Å². The highest BCUT2D eigenvalue weighted by Crippen LogP contribution is 2.19. The lowest BCUT2D eigenvalue weighted by Gasteiger charge is -2.13. The lowest BCUT2D eigenvalue weighted by molar-refractivity contribution is 0.908. The minimum Gasteiger partial charge on any atom is -0.287 e. The molecule has 0 saturated heterocycles. The summed E-state index contributed by atoms with van der Waals surface area (Å²) in [6.45, 7) is 0. The molecule has 0 saturated carbocycles. The summed E-state index contributed by atoms with van der Waals surface area (Å²) in [5, 5.41) is 0. The Kier molecular flexibility index (Phi) is 3.11. The summed E-state index contributed by atoms with van der Waals surface area (Å²) in [5.74, 6) is 0. The van der Waals surface area contributed by atoms with Crippen molar-refractivity contribution in [2.75, 3.05) is 0 Å². The van der Waals surface area contributed by atoms with E-state index in [2.05, 4.69) is 11.1 Å². The average molecular weight is 250 g/mol. The number of rotatable bonds is 2. The first-order valence-electron chi connectivity index (χ1n) is 6.35. The van der Waals surface area contributed by atoms with Gasteiger partial charge in [-0.25, -0.2) is 0 Å². The topological polar surface area (TPSA) is 34.9 Å². The minimum absolute atomic E-state index is 0.00114. The van der Waals surface area contributed by atoms with Gasteiger partial charge >= 0.3 is 0 Å². The third kappa shape index (κ3) is 2.40. The highest BCUT2D eigenvalue weighted by molar-refractivity contribution is 5.60. The SMILES string of the molecule is O=c1ccc(-c2ccccn2)cn1C1=CC=CCC1. The number of hydrogen-bond donors (Lipinski definition) is 0. The Morgan fingerprint density at radius 3 is 2.84 bits per heavy atom. The Hall–Kier alpha value is -2.42. The number of pyridine rings is 2. The Balaban J connectivity index is 2.09. The molecule has 0 atom stereocenters. The fourth-order valence-electron chi connectivity index (χ4n) is 2.19. The van der Waals surface area contributed by atoms with Gasteiger partial charge in [-0.15, -0.1) is 0 Å². The minimum atomic E-state index is 0.00114. The molecule has 0 aromatic carbocycles. The standard InChI is InChI=1S/C16H14N2O/c19-16-10-9-13(15-8-4-5-11-17-15)12-18(16)14-6-2-1-3-7-14/h1-2,4-6,8-12H,3,7H2. The molecule has 94 valence electrons. The van der Waals surface area contributed by atoms with E-state index < -0.39 is 0 Å². The molecule has 19 heavy (non-hydrogen) atoms. The van der Waals surface area contributed by atoms with E-state index in [1.807, 2.05) is 42.6 Å². The largest absolute Gasteiger partial charge is 0.287 e. The van der Waals surface area contributed by atoms with Crippen LogP contribution in [-0.4, -0.2) is 9.55 Å². The van der Waals surface area contributed by atoms with Gasteiger partial charge in [0.15, 0.2) is 0 Å². The van der Waals surface area contributed by atoms with Crippen LogP contribution in [0.3, 0.4) is 0 Å². The summed E-state index contributed by atoms with van der Waals surface area (Å²) in [6, 6.07) is 9.19. The fourth-order valence-corrected chi connectivity index (χ4v) is 2.19. The van der Waals surface area contributed by atoms with Crippen LogP contribution in [0, 0.1) is 0 Å². The van der Waals surface area contributed by atoms with Crippen LogP contribution in [0.25, 0.3) is 17.0 Å². The first-order valence-corrected chi connectivity index (χ1v) is 6.35. The van der Waals surface area contributed by atoms with Gasteiger partial charge in [-0.05, 0) is 37.1 Å². The van der Waals surface area contributed by atoms with Crippen LogP contribution in [0.2, 0.25) is 0 Å². The van der Waals surface area contributed by atoms with Crippen molar-refractivity contribution in [3.63, 3.8) is 0 Å². The van der Waals surface area contributed by atoms with Crippen LogP contribution >= 0.6 is 0 Å². The molecule has 0 radical (unpaired) electrons. The predicted octanol–water partition coefficient (Wildman–Crippen LogP) is 3.10. The molecule has 1 aliphatic carbocycles. The zero-order valence-electron chi connectivity index (χ0n) is 10.5. The normalized spacial score (nSPS) is 14.2. The number of allylic oxidation sites excluding steroid dienone is 4. The lowest BCUT2D eigenvalue weighted by atomic mass is 10.1. The first kappa shape index (κ1) is 11.7. The highest BCUT2D eigenvalue weighted by atomic mass is 16.1. The average Bonchev–Trinajstić information content (AvgIpc) is 2.49. The number of hydrogen-bond acceptors (Lipinski definition) is 2. The smallest absolute Gasteiger partial charge is 0.254 e. The molecule has 2 heterocycles. The van der Waals surface area contributed by atoms with E-state index in [-0.39, 0.29) is 5.56 Å². The molecule has 0 N–H and O–H groups in total. The molecule has 3 rings (SSSR count). The molecule has 0 bridgehead atoms. The second-order valence-corrected chi connectivity index (χ2v) is 4.47. The van der Waals surface area contributed by atoms with E-state index in [0.717, 1.165) is 29.8 Å². The van der Waals surface area contributed by atoms with Crippen LogP contribution in [0.4, 0.5) is 0 Å². The molecule has 0 fully saturated rings. The molecule has 2 aromatic heterocycles. The molecule has 0 amide bonds. The zero-order valence-corrected chi connectivity index (χ0v) is 10.5. The molecule has 2 aromatic rings. The monoisotopic (exact) mass is 250 g/mol. The molecule has 0 spiro atoms. The molecule has 3 nitrogen and oxygen atoms in total. The summed E-state index contributed by atoms with van der Waals surface area (Å²) < 4.78 is 1.72.